The van der Waals surface area contributed by atoms with Crippen molar-refractivity contribution in [1.82, 2.24) is 19.2 Å². The van der Waals surface area contributed by atoms with Crippen LogP contribution in [0, 0.1) is 34.6 Å². The van der Waals surface area contributed by atoms with E-state index < -0.39 is 0 Å². The first-order valence-corrected chi connectivity index (χ1v) is 10.9. The van der Waals surface area contributed by atoms with E-state index in [0.29, 0.717) is 0 Å². The highest BCUT2D eigenvalue weighted by molar-refractivity contribution is 5.89. The van der Waals surface area contributed by atoms with Gasteiger partial charge in [-0.05, 0) is 63.8 Å². The van der Waals surface area contributed by atoms with Crippen LogP contribution in [-0.4, -0.2) is 30.9 Å². The molecule has 30 heavy (non-hydrogen) atoms. The fraction of sp³-hybridized carbons (Fsp3) is 0.440. The van der Waals surface area contributed by atoms with Gasteiger partial charge in [-0.15, -0.1) is 0 Å². The van der Waals surface area contributed by atoms with E-state index in [9.17, 15) is 5.11 Å². The van der Waals surface area contributed by atoms with E-state index in [2.05, 4.69) is 70.5 Å². The molecule has 1 aromatic carbocycles. The molecule has 0 saturated heterocycles. The maximum Gasteiger partial charge on any atom is 0.165 e. The monoisotopic (exact) mass is 404 g/mol. The fourth-order valence-corrected chi connectivity index (χ4v) is 4.85. The van der Waals surface area contributed by atoms with Gasteiger partial charge in [0.05, 0.1) is 29.6 Å². The van der Waals surface area contributed by atoms with Gasteiger partial charge in [0.25, 0.3) is 0 Å². The van der Waals surface area contributed by atoms with Crippen molar-refractivity contribution in [2.45, 2.75) is 66.8 Å². The van der Waals surface area contributed by atoms with Gasteiger partial charge in [0, 0.05) is 11.6 Å². The minimum atomic E-state index is 0.0447. The zero-order valence-corrected chi connectivity index (χ0v) is 19.0. The van der Waals surface area contributed by atoms with Crippen molar-refractivity contribution in [2.24, 2.45) is 0 Å². The Morgan fingerprint density at radius 1 is 1.00 bits per heavy atom. The molecule has 5 heteroatoms. The van der Waals surface area contributed by atoms with Crippen LogP contribution in [0.4, 0.5) is 0 Å². The number of nitrogens with zero attached hydrogens (tertiary/aromatic N) is 4. The van der Waals surface area contributed by atoms with Crippen LogP contribution in [0.3, 0.4) is 0 Å². The van der Waals surface area contributed by atoms with Crippen molar-refractivity contribution in [2.75, 3.05) is 6.61 Å². The summed E-state index contributed by atoms with van der Waals surface area (Å²) in [5, 5.41) is 16.1. The number of hydrogen-bond acceptors (Lipinski definition) is 3. The van der Waals surface area contributed by atoms with E-state index in [1.807, 2.05) is 4.52 Å². The summed E-state index contributed by atoms with van der Waals surface area (Å²) in [5.41, 5.74) is 9.97. The normalized spacial score (nSPS) is 12.9. The molecule has 4 aromatic rings. The summed E-state index contributed by atoms with van der Waals surface area (Å²) in [4.78, 5) is 4.99. The van der Waals surface area contributed by atoms with Crippen molar-refractivity contribution < 1.29 is 5.11 Å². The zero-order valence-electron chi connectivity index (χ0n) is 19.0. The molecule has 0 aliphatic carbocycles. The predicted octanol–water partition coefficient (Wildman–Crippen LogP) is 5.62. The van der Waals surface area contributed by atoms with Crippen molar-refractivity contribution in [3.63, 3.8) is 0 Å². The summed E-state index contributed by atoms with van der Waals surface area (Å²) in [6, 6.07) is 6.60. The summed E-state index contributed by atoms with van der Waals surface area (Å²) in [6.07, 6.45) is 5.23. The Kier molecular flexibility index (Phi) is 5.41. The molecule has 0 aliphatic rings. The Bertz CT molecular complexity index is 1210. The van der Waals surface area contributed by atoms with Crippen molar-refractivity contribution in [1.29, 1.82) is 0 Å². The van der Waals surface area contributed by atoms with E-state index in [4.69, 9.17) is 10.1 Å². The predicted molar refractivity (Wildman–Crippen MR) is 123 cm³/mol. The molecule has 0 radical (unpaired) electrons. The van der Waals surface area contributed by atoms with Crippen LogP contribution in [0.15, 0.2) is 24.4 Å². The number of fused-ring (bicyclic) bond motifs is 3. The molecule has 1 unspecified atom stereocenters. The Morgan fingerprint density at radius 3 is 2.33 bits per heavy atom. The quantitative estimate of drug-likeness (QED) is 0.454. The molecule has 0 spiro atoms. The van der Waals surface area contributed by atoms with Crippen LogP contribution in [-0.2, 0) is 0 Å². The molecule has 0 amide bonds. The molecule has 0 aliphatic heterocycles. The number of aryl methyl sites for hydroxylation is 5. The van der Waals surface area contributed by atoms with Gasteiger partial charge in [0.2, 0.25) is 0 Å². The fourth-order valence-electron chi connectivity index (χ4n) is 4.85. The third-order valence-corrected chi connectivity index (χ3v) is 6.21. The third-order valence-electron chi connectivity index (χ3n) is 6.21. The minimum Gasteiger partial charge on any atom is -0.394 e. The highest BCUT2D eigenvalue weighted by atomic mass is 16.3. The van der Waals surface area contributed by atoms with E-state index in [1.54, 1.807) is 0 Å². The van der Waals surface area contributed by atoms with Crippen LogP contribution in [0.5, 0.6) is 0 Å². The number of aromatic nitrogens is 4. The SMILES string of the molecule is CCCCC(CO)n1ccc2c(C)nc3c(-c4c(C)cc(C)cc4C)c(C)nn3c21. The molecular formula is C25H32N4O. The molecule has 4 rings (SSSR count). The Balaban J connectivity index is 2.04. The van der Waals surface area contributed by atoms with Crippen molar-refractivity contribution in [3.8, 4) is 11.1 Å². The first-order valence-electron chi connectivity index (χ1n) is 10.9. The zero-order chi connectivity index (χ0) is 21.6. The maximum absolute atomic E-state index is 10.1. The summed E-state index contributed by atoms with van der Waals surface area (Å²) >= 11 is 0. The third kappa shape index (κ3) is 3.21. The summed E-state index contributed by atoms with van der Waals surface area (Å²) in [5.74, 6) is 0. The van der Waals surface area contributed by atoms with Gasteiger partial charge in [0.1, 0.15) is 5.65 Å². The number of aliphatic hydroxyl groups is 1. The first-order chi connectivity index (χ1) is 14.4. The number of unbranched alkanes of at least 4 members (excludes halogenated alkanes) is 1. The van der Waals surface area contributed by atoms with Crippen LogP contribution in [0.2, 0.25) is 0 Å². The van der Waals surface area contributed by atoms with Gasteiger partial charge in [-0.3, -0.25) is 0 Å². The lowest BCUT2D eigenvalue weighted by molar-refractivity contribution is 0.220. The maximum atomic E-state index is 10.1. The number of aliphatic hydroxyl groups excluding tert-OH is 1. The Hall–Kier alpha value is -2.66. The molecule has 158 valence electrons. The topological polar surface area (TPSA) is 55.3 Å². The van der Waals surface area contributed by atoms with Crippen molar-refractivity contribution in [3.05, 3.63) is 52.5 Å². The molecule has 1 N–H and O–H groups in total. The summed E-state index contributed by atoms with van der Waals surface area (Å²) < 4.78 is 4.18. The average molecular weight is 405 g/mol. The summed E-state index contributed by atoms with van der Waals surface area (Å²) in [7, 11) is 0. The first kappa shape index (κ1) is 20.6. The highest BCUT2D eigenvalue weighted by Crippen LogP contribution is 2.36. The van der Waals surface area contributed by atoms with Gasteiger partial charge in [-0.1, -0.05) is 37.5 Å². The average Bonchev–Trinajstić information content (AvgIpc) is 3.25. The van der Waals surface area contributed by atoms with Gasteiger partial charge in [-0.2, -0.15) is 9.61 Å². The number of hydrogen-bond donors (Lipinski definition) is 1. The lowest BCUT2D eigenvalue weighted by Crippen LogP contribution is -2.14. The molecule has 1 atom stereocenters. The second-order valence-corrected chi connectivity index (χ2v) is 8.61. The lowest BCUT2D eigenvalue weighted by atomic mass is 9.94. The lowest BCUT2D eigenvalue weighted by Gasteiger charge is -2.18. The van der Waals surface area contributed by atoms with Gasteiger partial charge >= 0.3 is 0 Å². The highest BCUT2D eigenvalue weighted by Gasteiger charge is 2.22. The van der Waals surface area contributed by atoms with Gasteiger partial charge in [0.15, 0.2) is 5.65 Å². The van der Waals surface area contributed by atoms with Crippen LogP contribution >= 0.6 is 0 Å². The largest absolute Gasteiger partial charge is 0.394 e. The van der Waals surface area contributed by atoms with Crippen LogP contribution in [0.25, 0.3) is 27.8 Å². The Morgan fingerprint density at radius 2 is 1.70 bits per heavy atom. The number of rotatable bonds is 6. The Labute approximate surface area is 178 Å². The molecule has 3 aromatic heterocycles. The smallest absolute Gasteiger partial charge is 0.165 e. The molecule has 0 saturated carbocycles. The molecule has 5 nitrogen and oxygen atoms in total. The van der Waals surface area contributed by atoms with E-state index in [-0.39, 0.29) is 12.6 Å². The minimum absolute atomic E-state index is 0.0447. The second kappa shape index (κ2) is 7.88. The second-order valence-electron chi connectivity index (χ2n) is 8.61. The standard InChI is InChI=1S/C25H32N4O/c1-7-8-9-20(14-30)28-11-10-21-18(5)26-24-23(19(6)27-29(24)25(21)28)22-16(3)12-15(2)13-17(22)4/h10-13,20,30H,7-9,14H2,1-6H3. The molecule has 0 fully saturated rings. The van der Waals surface area contributed by atoms with E-state index >= 15 is 0 Å². The van der Waals surface area contributed by atoms with E-state index in [1.165, 1.54) is 22.3 Å². The van der Waals surface area contributed by atoms with Crippen LogP contribution < -0.4 is 0 Å². The van der Waals surface area contributed by atoms with E-state index in [0.717, 1.165) is 52.9 Å². The van der Waals surface area contributed by atoms with Gasteiger partial charge < -0.3 is 9.67 Å². The number of benzene rings is 1. The van der Waals surface area contributed by atoms with Crippen molar-refractivity contribution >= 4 is 16.7 Å². The van der Waals surface area contributed by atoms with Crippen LogP contribution in [0.1, 0.15) is 60.3 Å². The molecule has 3 heterocycles. The summed E-state index contributed by atoms with van der Waals surface area (Å²) in [6.45, 7) is 12.9. The van der Waals surface area contributed by atoms with Gasteiger partial charge in [-0.25, -0.2) is 4.98 Å². The molecule has 0 bridgehead atoms. The molecular weight excluding hydrogens is 372 g/mol.